The van der Waals surface area contributed by atoms with Gasteiger partial charge < -0.3 is 52.2 Å². The molecule has 0 aromatic rings. The van der Waals surface area contributed by atoms with Gasteiger partial charge in [-0.25, -0.2) is 0 Å². The SMILES string of the molecule is CCC(C)[C@H]1O[C@@]2(C=C[C@@H]1C)C[C@@H]1C[C@@H](C/C=C(\C)[C@@H](O[C@H]3C[C@H](OC)[C@@H](OCOC)[C@H](C)O3)[C@@H](C)/C=C/C=C3\CO[C@@H]4[C@@H]5O[Si]C[C@@H]5C[C@H](C(=O)O1)[C@]34O)O2. The van der Waals surface area contributed by atoms with Crippen LogP contribution in [0.2, 0.25) is 6.04 Å². The van der Waals surface area contributed by atoms with Crippen LogP contribution in [0.4, 0.5) is 0 Å². The number of aliphatic hydroxyl groups is 1. The average molecular weight is 801 g/mol. The molecule has 7 aliphatic rings. The van der Waals surface area contributed by atoms with Crippen LogP contribution >= 0.6 is 0 Å². The van der Waals surface area contributed by atoms with Crippen LogP contribution in [0.1, 0.15) is 80.1 Å². The van der Waals surface area contributed by atoms with E-state index in [1.54, 1.807) is 14.2 Å². The highest BCUT2D eigenvalue weighted by atomic mass is 28.2. The zero-order valence-corrected chi connectivity index (χ0v) is 35.4. The maximum atomic E-state index is 14.5. The van der Waals surface area contributed by atoms with Crippen LogP contribution in [-0.4, -0.2) is 121 Å². The van der Waals surface area contributed by atoms with Gasteiger partial charge in [0.15, 0.2) is 12.1 Å². The van der Waals surface area contributed by atoms with Crippen molar-refractivity contribution < 1.29 is 57.0 Å². The Bertz CT molecular complexity index is 1500. The monoisotopic (exact) mass is 800 g/mol. The molecule has 1 spiro atoms. The van der Waals surface area contributed by atoms with Crippen LogP contribution in [0.5, 0.6) is 0 Å². The first-order valence-electron chi connectivity index (χ1n) is 20.9. The molecule has 2 radical (unpaired) electrons. The highest BCUT2D eigenvalue weighted by molar-refractivity contribution is 6.28. The molecule has 0 aromatic carbocycles. The van der Waals surface area contributed by atoms with Crippen LogP contribution in [0, 0.1) is 29.6 Å². The number of hydrogen-bond acceptors (Lipinski definition) is 12. The number of methoxy groups -OCH3 is 2. The van der Waals surface area contributed by atoms with Crippen LogP contribution in [0.25, 0.3) is 0 Å². The molecule has 56 heavy (non-hydrogen) atoms. The van der Waals surface area contributed by atoms with E-state index in [1.807, 2.05) is 25.2 Å². The van der Waals surface area contributed by atoms with Crippen molar-refractivity contribution in [2.45, 2.75) is 159 Å². The van der Waals surface area contributed by atoms with Gasteiger partial charge in [0.2, 0.25) is 9.76 Å². The average Bonchev–Trinajstić information content (AvgIpc) is 3.79. The van der Waals surface area contributed by atoms with Crippen LogP contribution in [-0.2, 0) is 51.9 Å². The lowest BCUT2D eigenvalue weighted by Crippen LogP contribution is -2.60. The van der Waals surface area contributed by atoms with E-state index in [-0.39, 0.29) is 73.9 Å². The second-order valence-electron chi connectivity index (χ2n) is 17.3. The minimum atomic E-state index is -1.56. The van der Waals surface area contributed by atoms with Gasteiger partial charge in [0.1, 0.15) is 30.7 Å². The molecule has 4 saturated heterocycles. The number of allylic oxidation sites excluding steroid dienone is 2. The maximum absolute atomic E-state index is 14.5. The fraction of sp³-hybridized carbons (Fsp3) is 0.791. The Kier molecular flexibility index (Phi) is 13.5. The van der Waals surface area contributed by atoms with Gasteiger partial charge in [-0.2, -0.15) is 0 Å². The number of ether oxygens (including phenoxy) is 9. The van der Waals surface area contributed by atoms with Crippen molar-refractivity contribution in [1.29, 1.82) is 0 Å². The summed E-state index contributed by atoms with van der Waals surface area (Å²) in [5, 5.41) is 12.7. The van der Waals surface area contributed by atoms with Crippen LogP contribution < -0.4 is 0 Å². The lowest BCUT2D eigenvalue weighted by atomic mass is 9.66. The smallest absolute Gasteiger partial charge is 0.312 e. The van der Waals surface area contributed by atoms with Gasteiger partial charge in [0.05, 0.1) is 49.1 Å². The third-order valence-corrected chi connectivity index (χ3v) is 14.5. The number of esters is 1. The summed E-state index contributed by atoms with van der Waals surface area (Å²) in [4.78, 5) is 14.5. The summed E-state index contributed by atoms with van der Waals surface area (Å²) in [5.41, 5.74) is 0.113. The third kappa shape index (κ3) is 8.47. The van der Waals surface area contributed by atoms with E-state index in [0.717, 1.165) is 18.0 Å². The van der Waals surface area contributed by atoms with Crippen molar-refractivity contribution >= 4 is 15.7 Å². The van der Waals surface area contributed by atoms with Crippen molar-refractivity contribution in [2.75, 3.05) is 27.6 Å². The third-order valence-electron chi connectivity index (χ3n) is 13.4. The van der Waals surface area contributed by atoms with Crippen molar-refractivity contribution in [3.8, 4) is 0 Å². The normalized spacial score (nSPS) is 48.6. The largest absolute Gasteiger partial charge is 0.462 e. The van der Waals surface area contributed by atoms with Crippen LogP contribution in [0.3, 0.4) is 0 Å². The Hall–Kier alpha value is -1.75. The molecule has 2 bridgehead atoms. The van der Waals surface area contributed by atoms with Gasteiger partial charge in [-0.15, -0.1) is 0 Å². The Labute approximate surface area is 335 Å². The molecule has 1 unspecified atom stereocenters. The van der Waals surface area contributed by atoms with Crippen molar-refractivity contribution in [1.82, 2.24) is 0 Å². The number of hydrogen-bond donors (Lipinski definition) is 1. The molecular formula is C43H64O12Si. The maximum Gasteiger partial charge on any atom is 0.312 e. The van der Waals surface area contributed by atoms with Gasteiger partial charge in [0, 0.05) is 45.3 Å². The molecule has 6 heterocycles. The number of carbonyl (C=O) groups excluding carboxylic acids is 1. The molecule has 6 aliphatic heterocycles. The molecule has 0 amide bonds. The molecular weight excluding hydrogens is 737 g/mol. The Morgan fingerprint density at radius 1 is 1.07 bits per heavy atom. The summed E-state index contributed by atoms with van der Waals surface area (Å²) in [6, 6.07) is 0.847. The van der Waals surface area contributed by atoms with Gasteiger partial charge in [-0.1, -0.05) is 64.5 Å². The zero-order chi connectivity index (χ0) is 39.8. The molecule has 5 fully saturated rings. The van der Waals surface area contributed by atoms with E-state index >= 15 is 0 Å². The van der Waals surface area contributed by atoms with Gasteiger partial charge in [0.25, 0.3) is 0 Å². The topological polar surface area (TPSA) is 130 Å². The molecule has 13 heteroatoms. The summed E-state index contributed by atoms with van der Waals surface area (Å²) in [6.07, 6.45) is 12.2. The molecule has 12 nitrogen and oxygen atoms in total. The summed E-state index contributed by atoms with van der Waals surface area (Å²) in [6.45, 7) is 13.1. The standard InChI is InChI=1S/C43H64O12Si/c1-9-24(2)37-27(5)15-16-42(54-37)20-32-18-31(53-42)14-13-26(4)36(52-35-19-34(47-8)38(28(6)50-35)49-23-46-7)25(3)11-10-12-30-21-48-40-39-29(22-56-55-39)17-33(41(44)51-32)43(30,40)45/h10-13,15-16,24-25,27-29,31-40,45H,9,14,17-23H2,1-8H3/b11-10+,26-13+,30-12+/t24?,25-,27-,28-,29-,31+,32-,33+,34-,35-,36-,37+,38-,39+,40+,42-,43+/m0/s1. The van der Waals surface area contributed by atoms with E-state index in [0.29, 0.717) is 53.4 Å². The summed E-state index contributed by atoms with van der Waals surface area (Å²) >= 11 is 0. The number of carbonyl (C=O) groups is 1. The Morgan fingerprint density at radius 3 is 2.66 bits per heavy atom. The quantitative estimate of drug-likeness (QED) is 0.142. The molecule has 1 saturated carbocycles. The van der Waals surface area contributed by atoms with Gasteiger partial charge in [-0.05, 0) is 61.8 Å². The van der Waals surface area contributed by atoms with Gasteiger partial charge >= 0.3 is 5.97 Å². The molecule has 1 N–H and O–H groups in total. The summed E-state index contributed by atoms with van der Waals surface area (Å²) in [5.74, 6) is -1.70. The van der Waals surface area contributed by atoms with E-state index in [2.05, 4.69) is 52.8 Å². The first-order valence-corrected chi connectivity index (χ1v) is 22.0. The summed E-state index contributed by atoms with van der Waals surface area (Å²) in [7, 11) is 3.59. The van der Waals surface area contributed by atoms with Crippen LogP contribution in [0.15, 0.2) is 47.6 Å². The minimum Gasteiger partial charge on any atom is -0.462 e. The van der Waals surface area contributed by atoms with Crippen molar-refractivity contribution in [3.05, 3.63) is 47.6 Å². The fourth-order valence-corrected chi connectivity index (χ4v) is 11.3. The lowest BCUT2D eigenvalue weighted by molar-refractivity contribution is -0.300. The van der Waals surface area contributed by atoms with Gasteiger partial charge in [-0.3, -0.25) is 4.79 Å². The first kappa shape index (κ1) is 42.4. The van der Waals surface area contributed by atoms with E-state index in [4.69, 9.17) is 47.1 Å². The van der Waals surface area contributed by atoms with E-state index < -0.39 is 41.8 Å². The van der Waals surface area contributed by atoms with Crippen molar-refractivity contribution in [3.63, 3.8) is 0 Å². The van der Waals surface area contributed by atoms with E-state index in [1.165, 1.54) is 0 Å². The molecule has 0 aromatic heterocycles. The molecule has 7 rings (SSSR count). The zero-order valence-electron chi connectivity index (χ0n) is 34.4. The van der Waals surface area contributed by atoms with Crippen molar-refractivity contribution in [2.24, 2.45) is 29.6 Å². The molecule has 17 atom stereocenters. The second-order valence-corrected chi connectivity index (χ2v) is 18.2. The van der Waals surface area contributed by atoms with E-state index in [9.17, 15) is 9.90 Å². The lowest BCUT2D eigenvalue weighted by Gasteiger charge is -2.49. The highest BCUT2D eigenvalue weighted by Gasteiger charge is 2.64. The molecule has 312 valence electrons. The fourth-order valence-electron chi connectivity index (χ4n) is 10.1. The Morgan fingerprint density at radius 2 is 1.89 bits per heavy atom. The highest BCUT2D eigenvalue weighted by Crippen LogP contribution is 2.52. The predicted molar refractivity (Wildman–Crippen MR) is 207 cm³/mol. The number of rotatable bonds is 8. The minimum absolute atomic E-state index is 0.0442. The first-order chi connectivity index (χ1) is 26.9. The number of fused-ring (bicyclic) bond motifs is 4. The summed E-state index contributed by atoms with van der Waals surface area (Å²) < 4.78 is 63.1. The Balaban J connectivity index is 1.23. The predicted octanol–water partition coefficient (Wildman–Crippen LogP) is 5.61. The molecule has 1 aliphatic carbocycles. The second kappa shape index (κ2) is 17.8.